The summed E-state index contributed by atoms with van der Waals surface area (Å²) < 4.78 is 0. The molecule has 84 valence electrons. The van der Waals surface area contributed by atoms with Gasteiger partial charge in [0.15, 0.2) is 0 Å². The summed E-state index contributed by atoms with van der Waals surface area (Å²) in [6, 6.07) is 8.61. The Hall–Kier alpha value is -1.77. The fourth-order valence-corrected chi connectivity index (χ4v) is 1.66. The molecule has 0 aliphatic carbocycles. The molecule has 0 saturated carbocycles. The largest absolute Gasteiger partial charge is 0.379 e. The van der Waals surface area contributed by atoms with Gasteiger partial charge in [0.1, 0.15) is 0 Å². The average molecular weight is 215 g/mol. The van der Waals surface area contributed by atoms with Crippen LogP contribution in [0, 0.1) is 0 Å². The Morgan fingerprint density at radius 2 is 2.06 bits per heavy atom. The van der Waals surface area contributed by atoms with Gasteiger partial charge in [-0.15, -0.1) is 0 Å². The maximum atomic E-state index is 3.98. The molecule has 0 aliphatic heterocycles. The van der Waals surface area contributed by atoms with Crippen molar-refractivity contribution < 1.29 is 0 Å². The SMILES string of the molecule is CCCc1ccc(NCc2cnc[nH]2)cc1. The molecule has 0 fully saturated rings. The van der Waals surface area contributed by atoms with E-state index < -0.39 is 0 Å². The summed E-state index contributed by atoms with van der Waals surface area (Å²) in [7, 11) is 0. The van der Waals surface area contributed by atoms with Crippen LogP contribution >= 0.6 is 0 Å². The van der Waals surface area contributed by atoms with Crippen molar-refractivity contribution >= 4 is 5.69 Å². The van der Waals surface area contributed by atoms with Gasteiger partial charge in [0.25, 0.3) is 0 Å². The minimum absolute atomic E-state index is 0.785. The van der Waals surface area contributed by atoms with Crippen LogP contribution < -0.4 is 5.32 Å². The van der Waals surface area contributed by atoms with Gasteiger partial charge in [-0.05, 0) is 24.1 Å². The molecule has 0 unspecified atom stereocenters. The normalized spacial score (nSPS) is 10.3. The molecule has 3 nitrogen and oxygen atoms in total. The van der Waals surface area contributed by atoms with Crippen molar-refractivity contribution in [3.05, 3.63) is 48.0 Å². The van der Waals surface area contributed by atoms with Crippen LogP contribution in [0.15, 0.2) is 36.8 Å². The third kappa shape index (κ3) is 2.86. The molecule has 0 radical (unpaired) electrons. The third-order valence-electron chi connectivity index (χ3n) is 2.53. The molecule has 1 aromatic carbocycles. The van der Waals surface area contributed by atoms with E-state index in [0.717, 1.165) is 24.3 Å². The van der Waals surface area contributed by atoms with E-state index in [4.69, 9.17) is 0 Å². The lowest BCUT2D eigenvalue weighted by Gasteiger charge is -2.05. The van der Waals surface area contributed by atoms with Gasteiger partial charge >= 0.3 is 0 Å². The van der Waals surface area contributed by atoms with Crippen molar-refractivity contribution in [2.45, 2.75) is 26.3 Å². The van der Waals surface area contributed by atoms with E-state index in [2.05, 4.69) is 46.5 Å². The summed E-state index contributed by atoms with van der Waals surface area (Å²) in [6.45, 7) is 2.98. The first-order valence-corrected chi connectivity index (χ1v) is 5.68. The van der Waals surface area contributed by atoms with Crippen LogP contribution in [-0.4, -0.2) is 9.97 Å². The molecule has 0 amide bonds. The number of hydrogen-bond donors (Lipinski definition) is 2. The van der Waals surface area contributed by atoms with Gasteiger partial charge in [0, 0.05) is 11.9 Å². The van der Waals surface area contributed by atoms with E-state index in [-0.39, 0.29) is 0 Å². The number of H-pyrrole nitrogens is 1. The Balaban J connectivity index is 1.90. The Morgan fingerprint density at radius 3 is 2.69 bits per heavy atom. The molecule has 2 aromatic rings. The second-order valence-corrected chi connectivity index (χ2v) is 3.88. The third-order valence-corrected chi connectivity index (χ3v) is 2.53. The average Bonchev–Trinajstić information content (AvgIpc) is 2.82. The highest BCUT2D eigenvalue weighted by molar-refractivity contribution is 5.44. The first-order chi connectivity index (χ1) is 7.88. The molecule has 2 rings (SSSR count). The Kier molecular flexibility index (Phi) is 3.59. The fourth-order valence-electron chi connectivity index (χ4n) is 1.66. The minimum atomic E-state index is 0.785. The zero-order valence-corrected chi connectivity index (χ0v) is 9.53. The highest BCUT2D eigenvalue weighted by atomic mass is 14.9. The predicted octanol–water partition coefficient (Wildman–Crippen LogP) is 2.97. The molecule has 0 aliphatic rings. The van der Waals surface area contributed by atoms with Crippen LogP contribution in [0.2, 0.25) is 0 Å². The number of anilines is 1. The number of imidazole rings is 1. The second kappa shape index (κ2) is 5.35. The van der Waals surface area contributed by atoms with Crippen molar-refractivity contribution in [1.29, 1.82) is 0 Å². The van der Waals surface area contributed by atoms with Crippen molar-refractivity contribution in [2.24, 2.45) is 0 Å². The maximum absolute atomic E-state index is 3.98. The van der Waals surface area contributed by atoms with Crippen molar-refractivity contribution in [3.8, 4) is 0 Å². The highest BCUT2D eigenvalue weighted by Crippen LogP contribution is 2.11. The molecular formula is C13H17N3. The number of aromatic nitrogens is 2. The molecule has 0 saturated heterocycles. The monoisotopic (exact) mass is 215 g/mol. The first kappa shape index (κ1) is 10.7. The summed E-state index contributed by atoms with van der Waals surface area (Å²) in [4.78, 5) is 7.04. The molecular weight excluding hydrogens is 198 g/mol. The zero-order chi connectivity index (χ0) is 11.2. The van der Waals surface area contributed by atoms with Crippen molar-refractivity contribution in [1.82, 2.24) is 9.97 Å². The van der Waals surface area contributed by atoms with Crippen LogP contribution in [0.4, 0.5) is 5.69 Å². The van der Waals surface area contributed by atoms with Crippen molar-refractivity contribution in [2.75, 3.05) is 5.32 Å². The Labute approximate surface area is 95.9 Å². The predicted molar refractivity (Wildman–Crippen MR) is 66.4 cm³/mol. The number of rotatable bonds is 5. The summed E-state index contributed by atoms with van der Waals surface area (Å²) in [5.41, 5.74) is 3.64. The van der Waals surface area contributed by atoms with Crippen LogP contribution in [-0.2, 0) is 13.0 Å². The van der Waals surface area contributed by atoms with Gasteiger partial charge in [0.2, 0.25) is 0 Å². The number of hydrogen-bond acceptors (Lipinski definition) is 2. The number of nitrogens with zero attached hydrogens (tertiary/aromatic N) is 1. The van der Waals surface area contributed by atoms with Gasteiger partial charge in [-0.2, -0.15) is 0 Å². The van der Waals surface area contributed by atoms with E-state index in [1.165, 1.54) is 12.0 Å². The molecule has 0 atom stereocenters. The summed E-state index contributed by atoms with van der Waals surface area (Å²) in [6.07, 6.45) is 5.88. The lowest BCUT2D eigenvalue weighted by molar-refractivity contribution is 0.922. The smallest absolute Gasteiger partial charge is 0.0922 e. The second-order valence-electron chi connectivity index (χ2n) is 3.88. The Bertz CT molecular complexity index is 403. The number of benzene rings is 1. The maximum Gasteiger partial charge on any atom is 0.0922 e. The van der Waals surface area contributed by atoms with Gasteiger partial charge < -0.3 is 10.3 Å². The Morgan fingerprint density at radius 1 is 1.25 bits per heavy atom. The van der Waals surface area contributed by atoms with Crippen LogP contribution in [0.25, 0.3) is 0 Å². The molecule has 2 N–H and O–H groups in total. The van der Waals surface area contributed by atoms with Gasteiger partial charge in [-0.25, -0.2) is 4.98 Å². The van der Waals surface area contributed by atoms with Crippen LogP contribution in [0.5, 0.6) is 0 Å². The topological polar surface area (TPSA) is 40.7 Å². The standard InChI is InChI=1S/C13H17N3/c1-2-3-11-4-6-12(7-5-11)15-9-13-8-14-10-16-13/h4-8,10,15H,2-3,9H2,1H3,(H,14,16). The molecule has 3 heteroatoms. The number of nitrogens with one attached hydrogen (secondary N) is 2. The number of aromatic amines is 1. The lowest BCUT2D eigenvalue weighted by Crippen LogP contribution is -1.99. The van der Waals surface area contributed by atoms with E-state index in [1.54, 1.807) is 6.33 Å². The summed E-state index contributed by atoms with van der Waals surface area (Å²) in [5, 5.41) is 3.35. The molecule has 16 heavy (non-hydrogen) atoms. The van der Waals surface area contributed by atoms with Gasteiger partial charge in [-0.3, -0.25) is 0 Å². The van der Waals surface area contributed by atoms with Gasteiger partial charge in [0.05, 0.1) is 18.6 Å². The summed E-state index contributed by atoms with van der Waals surface area (Å²) >= 11 is 0. The van der Waals surface area contributed by atoms with E-state index in [0.29, 0.717) is 0 Å². The lowest BCUT2D eigenvalue weighted by atomic mass is 10.1. The molecule has 1 heterocycles. The molecule has 1 aromatic heterocycles. The van der Waals surface area contributed by atoms with Crippen LogP contribution in [0.3, 0.4) is 0 Å². The van der Waals surface area contributed by atoms with E-state index in [9.17, 15) is 0 Å². The fraction of sp³-hybridized carbons (Fsp3) is 0.308. The van der Waals surface area contributed by atoms with Gasteiger partial charge in [-0.1, -0.05) is 25.5 Å². The zero-order valence-electron chi connectivity index (χ0n) is 9.53. The number of aryl methyl sites for hydroxylation is 1. The molecule has 0 bridgehead atoms. The minimum Gasteiger partial charge on any atom is -0.379 e. The first-order valence-electron chi connectivity index (χ1n) is 5.68. The van der Waals surface area contributed by atoms with Crippen LogP contribution in [0.1, 0.15) is 24.6 Å². The highest BCUT2D eigenvalue weighted by Gasteiger charge is 1.95. The van der Waals surface area contributed by atoms with Crippen molar-refractivity contribution in [3.63, 3.8) is 0 Å². The van der Waals surface area contributed by atoms with E-state index >= 15 is 0 Å². The quantitative estimate of drug-likeness (QED) is 0.805. The van der Waals surface area contributed by atoms with E-state index in [1.807, 2.05) is 6.20 Å². The summed E-state index contributed by atoms with van der Waals surface area (Å²) in [5.74, 6) is 0. The molecule has 0 spiro atoms.